The van der Waals surface area contributed by atoms with Crippen LogP contribution in [0.2, 0.25) is 0 Å². The molecule has 2 heterocycles. The fourth-order valence-electron chi connectivity index (χ4n) is 3.51. The zero-order chi connectivity index (χ0) is 21.5. The third-order valence-corrected chi connectivity index (χ3v) is 5.25. The number of ether oxygens (including phenoxy) is 2. The van der Waals surface area contributed by atoms with Crippen molar-refractivity contribution in [3.05, 3.63) is 54.0 Å². The second-order valence-corrected chi connectivity index (χ2v) is 7.74. The summed E-state index contributed by atoms with van der Waals surface area (Å²) in [5.41, 5.74) is 0.522. The first kappa shape index (κ1) is 21.9. The van der Waals surface area contributed by atoms with Crippen LogP contribution in [-0.2, 0) is 16.1 Å². The number of furan rings is 1. The quantitative estimate of drug-likeness (QED) is 0.629. The summed E-state index contributed by atoms with van der Waals surface area (Å²) < 4.78 is 16.3. The highest BCUT2D eigenvalue weighted by molar-refractivity contribution is 5.96. The van der Waals surface area contributed by atoms with Crippen molar-refractivity contribution in [2.24, 2.45) is 0 Å². The van der Waals surface area contributed by atoms with Gasteiger partial charge in [-0.1, -0.05) is 0 Å². The van der Waals surface area contributed by atoms with E-state index >= 15 is 0 Å². The Bertz CT molecular complexity index is 811. The molecule has 1 saturated heterocycles. The molecule has 162 valence electrons. The molecule has 3 rings (SSSR count). The maximum absolute atomic E-state index is 13.2. The van der Waals surface area contributed by atoms with Crippen molar-refractivity contribution in [1.82, 2.24) is 9.80 Å². The molecule has 1 aliphatic heterocycles. The van der Waals surface area contributed by atoms with Crippen molar-refractivity contribution in [2.75, 3.05) is 26.8 Å². The monoisotopic (exact) mass is 414 g/mol. The Morgan fingerprint density at radius 2 is 1.97 bits per heavy atom. The summed E-state index contributed by atoms with van der Waals surface area (Å²) >= 11 is 0. The fourth-order valence-corrected chi connectivity index (χ4v) is 3.51. The molecule has 0 spiro atoms. The number of carbonyl (C=O) groups excluding carboxylic acids is 2. The van der Waals surface area contributed by atoms with E-state index in [1.807, 2.05) is 19.9 Å². The summed E-state index contributed by atoms with van der Waals surface area (Å²) in [5.74, 6) is 1.08. The van der Waals surface area contributed by atoms with Gasteiger partial charge in [0.25, 0.3) is 5.91 Å². The highest BCUT2D eigenvalue weighted by atomic mass is 16.5. The van der Waals surface area contributed by atoms with E-state index in [1.54, 1.807) is 53.5 Å². The molecule has 0 N–H and O–H groups in total. The van der Waals surface area contributed by atoms with Crippen molar-refractivity contribution in [2.45, 2.75) is 45.4 Å². The smallest absolute Gasteiger partial charge is 0.254 e. The summed E-state index contributed by atoms with van der Waals surface area (Å²) in [4.78, 5) is 29.6. The van der Waals surface area contributed by atoms with E-state index in [1.165, 1.54) is 0 Å². The van der Waals surface area contributed by atoms with Crippen LogP contribution in [0.1, 0.15) is 42.8 Å². The number of carbonyl (C=O) groups is 2. The molecule has 1 atom stereocenters. The molecule has 7 heteroatoms. The lowest BCUT2D eigenvalue weighted by molar-refractivity contribution is -0.134. The number of hydrogen-bond donors (Lipinski definition) is 0. The minimum atomic E-state index is -0.184. The summed E-state index contributed by atoms with van der Waals surface area (Å²) in [6.07, 6.45) is 3.55. The molecule has 1 aromatic heterocycles. The van der Waals surface area contributed by atoms with E-state index in [2.05, 4.69) is 0 Å². The van der Waals surface area contributed by atoms with E-state index in [0.29, 0.717) is 30.2 Å². The molecule has 1 aromatic carbocycles. The van der Waals surface area contributed by atoms with Crippen molar-refractivity contribution < 1.29 is 23.5 Å². The zero-order valence-corrected chi connectivity index (χ0v) is 17.9. The maximum Gasteiger partial charge on any atom is 0.254 e. The summed E-state index contributed by atoms with van der Waals surface area (Å²) in [5, 5.41) is 0. The summed E-state index contributed by atoms with van der Waals surface area (Å²) in [6.45, 7) is 5.38. The van der Waals surface area contributed by atoms with E-state index < -0.39 is 0 Å². The minimum absolute atomic E-state index is 0.00401. The predicted octanol–water partition coefficient (Wildman–Crippen LogP) is 3.35. The Kier molecular flexibility index (Phi) is 7.52. The fraction of sp³-hybridized carbons (Fsp3) is 0.478. The van der Waals surface area contributed by atoms with Crippen molar-refractivity contribution in [1.29, 1.82) is 0 Å². The van der Waals surface area contributed by atoms with E-state index in [4.69, 9.17) is 13.9 Å². The van der Waals surface area contributed by atoms with Gasteiger partial charge < -0.3 is 23.7 Å². The van der Waals surface area contributed by atoms with Crippen LogP contribution in [0.15, 0.2) is 47.1 Å². The lowest BCUT2D eigenvalue weighted by atomic mass is 10.1. The average molecular weight is 415 g/mol. The van der Waals surface area contributed by atoms with Crippen molar-refractivity contribution in [3.8, 4) is 5.75 Å². The van der Waals surface area contributed by atoms with Gasteiger partial charge in [-0.25, -0.2) is 0 Å². The van der Waals surface area contributed by atoms with Crippen LogP contribution < -0.4 is 4.74 Å². The van der Waals surface area contributed by atoms with Gasteiger partial charge in [0.2, 0.25) is 5.91 Å². The van der Waals surface area contributed by atoms with E-state index in [-0.39, 0.29) is 30.5 Å². The lowest BCUT2D eigenvalue weighted by Crippen LogP contribution is -2.47. The third-order valence-electron chi connectivity index (χ3n) is 5.25. The Morgan fingerprint density at radius 3 is 2.53 bits per heavy atom. The first-order valence-corrected chi connectivity index (χ1v) is 10.3. The highest BCUT2D eigenvalue weighted by Gasteiger charge is 2.28. The number of methoxy groups -OCH3 is 1. The number of rotatable bonds is 9. The highest BCUT2D eigenvalue weighted by Crippen LogP contribution is 2.18. The molecule has 2 amide bonds. The van der Waals surface area contributed by atoms with Gasteiger partial charge >= 0.3 is 0 Å². The van der Waals surface area contributed by atoms with Gasteiger partial charge in [-0.05, 0) is 63.1 Å². The van der Waals surface area contributed by atoms with Crippen LogP contribution in [0, 0.1) is 0 Å². The molecule has 7 nitrogen and oxygen atoms in total. The maximum atomic E-state index is 13.2. The summed E-state index contributed by atoms with van der Waals surface area (Å²) in [7, 11) is 1.58. The van der Waals surface area contributed by atoms with Gasteiger partial charge in [0, 0.05) is 24.8 Å². The number of benzene rings is 1. The van der Waals surface area contributed by atoms with Crippen LogP contribution in [0.3, 0.4) is 0 Å². The first-order chi connectivity index (χ1) is 14.5. The summed E-state index contributed by atoms with van der Waals surface area (Å²) in [6, 6.07) is 10.4. The van der Waals surface area contributed by atoms with Gasteiger partial charge in [-0.3, -0.25) is 9.59 Å². The number of amides is 2. The van der Waals surface area contributed by atoms with Crippen LogP contribution in [0.4, 0.5) is 0 Å². The molecule has 2 aromatic rings. The molecule has 1 aliphatic rings. The molecule has 0 bridgehead atoms. The zero-order valence-electron chi connectivity index (χ0n) is 17.9. The van der Waals surface area contributed by atoms with Gasteiger partial charge in [0.15, 0.2) is 0 Å². The Balaban J connectivity index is 1.72. The van der Waals surface area contributed by atoms with Crippen LogP contribution in [0.25, 0.3) is 0 Å². The van der Waals surface area contributed by atoms with Crippen LogP contribution in [0.5, 0.6) is 5.75 Å². The normalized spacial score (nSPS) is 15.9. The third kappa shape index (κ3) is 5.63. The SMILES string of the molecule is COc1ccc(C(=O)N(CC(=O)N(Cc2ccco2)C[C@@H]2CCCO2)C(C)C)cc1. The molecular formula is C23H30N2O5. The predicted molar refractivity (Wildman–Crippen MR) is 112 cm³/mol. The van der Waals surface area contributed by atoms with Gasteiger partial charge in [-0.15, -0.1) is 0 Å². The van der Waals surface area contributed by atoms with Gasteiger partial charge in [-0.2, -0.15) is 0 Å². The standard InChI is InChI=1S/C23H30N2O5/c1-17(2)25(23(27)18-8-10-19(28-3)11-9-18)16-22(26)24(14-20-6-4-12-29-20)15-21-7-5-13-30-21/h4,6,8-12,17,21H,5,7,13-16H2,1-3H3/t21-/m0/s1. The van der Waals surface area contributed by atoms with Crippen LogP contribution in [-0.4, -0.2) is 60.6 Å². The number of hydrogen-bond acceptors (Lipinski definition) is 5. The van der Waals surface area contributed by atoms with Gasteiger partial charge in [0.05, 0.1) is 26.0 Å². The Labute approximate surface area is 177 Å². The minimum Gasteiger partial charge on any atom is -0.497 e. The molecule has 0 radical (unpaired) electrons. The second-order valence-electron chi connectivity index (χ2n) is 7.74. The van der Waals surface area contributed by atoms with E-state index in [0.717, 1.165) is 19.4 Å². The molecule has 1 fully saturated rings. The molecular weight excluding hydrogens is 384 g/mol. The number of nitrogens with zero attached hydrogens (tertiary/aromatic N) is 2. The average Bonchev–Trinajstić information content (AvgIpc) is 3.45. The second kappa shape index (κ2) is 10.3. The Hall–Kier alpha value is -2.80. The van der Waals surface area contributed by atoms with Crippen LogP contribution >= 0.6 is 0 Å². The van der Waals surface area contributed by atoms with Crippen molar-refractivity contribution in [3.63, 3.8) is 0 Å². The van der Waals surface area contributed by atoms with E-state index in [9.17, 15) is 9.59 Å². The first-order valence-electron chi connectivity index (χ1n) is 10.3. The molecule has 30 heavy (non-hydrogen) atoms. The molecule has 0 aliphatic carbocycles. The van der Waals surface area contributed by atoms with Gasteiger partial charge in [0.1, 0.15) is 18.1 Å². The Morgan fingerprint density at radius 1 is 1.20 bits per heavy atom. The lowest BCUT2D eigenvalue weighted by Gasteiger charge is -2.31. The molecule has 0 saturated carbocycles. The largest absolute Gasteiger partial charge is 0.497 e. The van der Waals surface area contributed by atoms with Crippen molar-refractivity contribution >= 4 is 11.8 Å². The molecule has 0 unspecified atom stereocenters. The topological polar surface area (TPSA) is 72.2 Å².